The topological polar surface area (TPSA) is 71.1 Å². The highest BCUT2D eigenvalue weighted by Gasteiger charge is 2.20. The van der Waals surface area contributed by atoms with Gasteiger partial charge in [0.25, 0.3) is 0 Å². The van der Waals surface area contributed by atoms with Crippen molar-refractivity contribution >= 4 is 33.5 Å². The van der Waals surface area contributed by atoms with Gasteiger partial charge in [-0.25, -0.2) is 0 Å². The normalized spacial score (nSPS) is 12.8. The zero-order valence-electron chi connectivity index (χ0n) is 22.3. The lowest BCUT2D eigenvalue weighted by molar-refractivity contribution is -0.150. The van der Waals surface area contributed by atoms with Crippen LogP contribution in [0.3, 0.4) is 0 Å². The van der Waals surface area contributed by atoms with Crippen LogP contribution >= 0.6 is 0 Å². The summed E-state index contributed by atoms with van der Waals surface area (Å²) in [6, 6.07) is 12.3. The van der Waals surface area contributed by atoms with Gasteiger partial charge >= 0.3 is 11.9 Å². The maximum Gasteiger partial charge on any atom is 0.306 e. The predicted molar refractivity (Wildman–Crippen MR) is 143 cm³/mol. The maximum atomic E-state index is 11.9. The molecule has 3 rings (SSSR count). The molecule has 0 fully saturated rings. The van der Waals surface area contributed by atoms with Crippen LogP contribution in [-0.4, -0.2) is 37.4 Å². The number of esters is 2. The van der Waals surface area contributed by atoms with Crippen molar-refractivity contribution in [1.82, 2.24) is 0 Å². The number of ether oxygens (including phenoxy) is 4. The molecule has 0 spiro atoms. The van der Waals surface area contributed by atoms with E-state index in [-0.39, 0.29) is 37.4 Å². The number of hydrogen-bond acceptors (Lipinski definition) is 6. The molecule has 0 aliphatic heterocycles. The fourth-order valence-corrected chi connectivity index (χ4v) is 4.13. The van der Waals surface area contributed by atoms with Crippen LogP contribution in [-0.2, 0) is 19.1 Å². The van der Waals surface area contributed by atoms with Gasteiger partial charge in [0.05, 0.1) is 0 Å². The van der Waals surface area contributed by atoms with Crippen molar-refractivity contribution in [3.63, 3.8) is 0 Å². The average Bonchev–Trinajstić information content (AvgIpc) is 2.81. The Labute approximate surface area is 213 Å². The van der Waals surface area contributed by atoms with Crippen LogP contribution in [0.2, 0.25) is 0 Å². The molecular formula is C30H38O6. The second-order valence-electron chi connectivity index (χ2n) is 9.48. The zero-order chi connectivity index (χ0) is 26.2. The van der Waals surface area contributed by atoms with Crippen molar-refractivity contribution in [2.24, 2.45) is 0 Å². The molecule has 0 heterocycles. The number of benzene rings is 3. The Morgan fingerprint density at radius 1 is 0.667 bits per heavy atom. The van der Waals surface area contributed by atoms with Crippen molar-refractivity contribution < 1.29 is 28.5 Å². The molecular weight excluding hydrogens is 456 g/mol. The third-order valence-electron chi connectivity index (χ3n) is 5.83. The maximum absolute atomic E-state index is 11.9. The van der Waals surface area contributed by atoms with Gasteiger partial charge < -0.3 is 18.9 Å². The summed E-state index contributed by atoms with van der Waals surface area (Å²) in [5.74, 6) is 1.04. The minimum absolute atomic E-state index is 0.215. The Morgan fingerprint density at radius 3 is 1.42 bits per heavy atom. The van der Waals surface area contributed by atoms with Gasteiger partial charge in [-0.1, -0.05) is 49.2 Å². The van der Waals surface area contributed by atoms with E-state index in [2.05, 4.69) is 12.1 Å². The molecule has 0 radical (unpaired) electrons. The van der Waals surface area contributed by atoms with Gasteiger partial charge in [0.1, 0.15) is 36.9 Å². The molecule has 2 atom stereocenters. The van der Waals surface area contributed by atoms with E-state index in [1.807, 2.05) is 65.8 Å². The smallest absolute Gasteiger partial charge is 0.306 e. The van der Waals surface area contributed by atoms with E-state index >= 15 is 0 Å². The highest BCUT2D eigenvalue weighted by Crippen LogP contribution is 2.43. The first-order valence-corrected chi connectivity index (χ1v) is 12.8. The Balaban J connectivity index is 1.98. The summed E-state index contributed by atoms with van der Waals surface area (Å²) in [6.07, 6.45) is 1.54. The van der Waals surface area contributed by atoms with E-state index in [9.17, 15) is 9.59 Å². The van der Waals surface area contributed by atoms with Crippen LogP contribution in [0.1, 0.15) is 64.5 Å². The third kappa shape index (κ3) is 6.90. The van der Waals surface area contributed by atoms with Gasteiger partial charge in [0.2, 0.25) is 0 Å². The summed E-state index contributed by atoms with van der Waals surface area (Å²) in [6.45, 7) is 12.1. The SMILES string of the molecule is CCCC(=O)OC(C)COc1c2ccc(C)cc2c(OCC(C)OC(=O)CCC)c2ccc(C)cc12. The number of aryl methyl sites for hydroxylation is 2. The lowest BCUT2D eigenvalue weighted by atomic mass is 9.97. The fourth-order valence-electron chi connectivity index (χ4n) is 4.13. The van der Waals surface area contributed by atoms with Crippen molar-refractivity contribution in [3.8, 4) is 11.5 Å². The lowest BCUT2D eigenvalue weighted by Crippen LogP contribution is -2.22. The second kappa shape index (κ2) is 12.6. The molecule has 0 N–H and O–H groups in total. The van der Waals surface area contributed by atoms with E-state index < -0.39 is 0 Å². The largest absolute Gasteiger partial charge is 0.488 e. The van der Waals surface area contributed by atoms with Gasteiger partial charge in [-0.15, -0.1) is 0 Å². The van der Waals surface area contributed by atoms with Gasteiger partial charge in [-0.2, -0.15) is 0 Å². The van der Waals surface area contributed by atoms with Gasteiger partial charge in [-0.3, -0.25) is 9.59 Å². The third-order valence-corrected chi connectivity index (χ3v) is 5.83. The van der Waals surface area contributed by atoms with E-state index in [0.29, 0.717) is 12.8 Å². The molecule has 3 aromatic rings. The molecule has 0 aliphatic rings. The lowest BCUT2D eigenvalue weighted by Gasteiger charge is -2.21. The summed E-state index contributed by atoms with van der Waals surface area (Å²) in [5, 5.41) is 3.67. The number of fused-ring (bicyclic) bond motifs is 2. The summed E-state index contributed by atoms with van der Waals surface area (Å²) >= 11 is 0. The average molecular weight is 495 g/mol. The van der Waals surface area contributed by atoms with Crippen LogP contribution in [0, 0.1) is 13.8 Å². The highest BCUT2D eigenvalue weighted by atomic mass is 16.6. The first-order chi connectivity index (χ1) is 17.2. The van der Waals surface area contributed by atoms with Crippen molar-refractivity contribution in [2.75, 3.05) is 13.2 Å². The first-order valence-electron chi connectivity index (χ1n) is 12.8. The molecule has 36 heavy (non-hydrogen) atoms. The van der Waals surface area contributed by atoms with E-state index in [4.69, 9.17) is 18.9 Å². The molecule has 0 aromatic heterocycles. The Morgan fingerprint density at radius 2 is 1.06 bits per heavy atom. The standard InChI is InChI=1S/C30H38O6/c1-7-9-27(31)35-21(5)17-33-29-23-13-11-20(4)16-26(23)30(24-14-12-19(3)15-25(24)29)34-18-22(6)36-28(32)10-8-2/h11-16,21-22H,7-10,17-18H2,1-6H3. The number of rotatable bonds is 12. The molecule has 0 bridgehead atoms. The van der Waals surface area contributed by atoms with Crippen LogP contribution < -0.4 is 9.47 Å². The number of hydrogen-bond donors (Lipinski definition) is 0. The van der Waals surface area contributed by atoms with Crippen molar-refractivity contribution in [1.29, 1.82) is 0 Å². The minimum Gasteiger partial charge on any atom is -0.488 e. The predicted octanol–water partition coefficient (Wildman–Crippen LogP) is 6.83. The van der Waals surface area contributed by atoms with E-state index in [0.717, 1.165) is 57.0 Å². The van der Waals surface area contributed by atoms with E-state index in [1.54, 1.807) is 0 Å². The Hall–Kier alpha value is -3.28. The second-order valence-corrected chi connectivity index (χ2v) is 9.48. The molecule has 194 valence electrons. The number of carbonyl (C=O) groups is 2. The fraction of sp³-hybridized carbons (Fsp3) is 0.467. The molecule has 0 saturated carbocycles. The van der Waals surface area contributed by atoms with E-state index in [1.165, 1.54) is 0 Å². The highest BCUT2D eigenvalue weighted by molar-refractivity contribution is 6.11. The summed E-state index contributed by atoms with van der Waals surface area (Å²) < 4.78 is 23.6. The van der Waals surface area contributed by atoms with Crippen LogP contribution in [0.25, 0.3) is 21.5 Å². The van der Waals surface area contributed by atoms with Crippen LogP contribution in [0.15, 0.2) is 36.4 Å². The summed E-state index contributed by atoms with van der Waals surface area (Å²) in [5.41, 5.74) is 2.18. The molecule has 0 amide bonds. The molecule has 0 aliphatic carbocycles. The molecule has 2 unspecified atom stereocenters. The first kappa shape index (κ1) is 27.3. The van der Waals surface area contributed by atoms with Crippen molar-refractivity contribution in [3.05, 3.63) is 47.5 Å². The molecule has 6 heteroatoms. The minimum atomic E-state index is -0.376. The summed E-state index contributed by atoms with van der Waals surface area (Å²) in [7, 11) is 0. The van der Waals surface area contributed by atoms with Gasteiger partial charge in [0.15, 0.2) is 0 Å². The quantitative estimate of drug-likeness (QED) is 0.203. The monoisotopic (exact) mass is 494 g/mol. The Kier molecular flexibility index (Phi) is 9.57. The molecule has 0 saturated heterocycles. The number of carbonyl (C=O) groups excluding carboxylic acids is 2. The molecule has 3 aromatic carbocycles. The Bertz CT molecular complexity index is 1120. The molecule has 6 nitrogen and oxygen atoms in total. The van der Waals surface area contributed by atoms with Crippen LogP contribution in [0.5, 0.6) is 11.5 Å². The summed E-state index contributed by atoms with van der Waals surface area (Å²) in [4.78, 5) is 23.8. The zero-order valence-corrected chi connectivity index (χ0v) is 22.3. The van der Waals surface area contributed by atoms with Gasteiger partial charge in [0, 0.05) is 34.4 Å². The van der Waals surface area contributed by atoms with Crippen LogP contribution in [0.4, 0.5) is 0 Å². The van der Waals surface area contributed by atoms with Crippen molar-refractivity contribution in [2.45, 2.75) is 79.4 Å². The van der Waals surface area contributed by atoms with Gasteiger partial charge in [-0.05, 0) is 52.7 Å².